The number of hydrogen-bond acceptors (Lipinski definition) is 5. The van der Waals surface area contributed by atoms with Crippen LogP contribution in [0.3, 0.4) is 0 Å². The number of anilines is 1. The summed E-state index contributed by atoms with van der Waals surface area (Å²) in [5.41, 5.74) is 0.477. The SMILES string of the molecule is COCc1cc(N2CCN(C(=O)c3ccc(F)cc3F)CC2)nc(C(C)(C)C)n1. The predicted molar refractivity (Wildman–Crippen MR) is 106 cm³/mol. The van der Waals surface area contributed by atoms with Crippen LogP contribution in [0.5, 0.6) is 0 Å². The number of nitrogens with zero attached hydrogens (tertiary/aromatic N) is 4. The molecule has 1 aromatic carbocycles. The Morgan fingerprint density at radius 1 is 1.10 bits per heavy atom. The highest BCUT2D eigenvalue weighted by Gasteiger charge is 2.26. The second kappa shape index (κ2) is 8.41. The highest BCUT2D eigenvalue weighted by molar-refractivity contribution is 5.94. The second-order valence-electron chi connectivity index (χ2n) is 8.13. The smallest absolute Gasteiger partial charge is 0.256 e. The van der Waals surface area contributed by atoms with Gasteiger partial charge in [0.05, 0.1) is 17.9 Å². The molecule has 29 heavy (non-hydrogen) atoms. The molecule has 8 heteroatoms. The van der Waals surface area contributed by atoms with E-state index in [2.05, 4.69) is 30.7 Å². The zero-order chi connectivity index (χ0) is 21.2. The summed E-state index contributed by atoms with van der Waals surface area (Å²) in [7, 11) is 1.62. The van der Waals surface area contributed by atoms with Crippen LogP contribution in [0, 0.1) is 11.6 Å². The van der Waals surface area contributed by atoms with Crippen LogP contribution in [0.4, 0.5) is 14.6 Å². The molecule has 0 aliphatic carbocycles. The number of piperazine rings is 1. The fourth-order valence-corrected chi connectivity index (χ4v) is 3.17. The average Bonchev–Trinajstić information content (AvgIpc) is 2.67. The van der Waals surface area contributed by atoms with Crippen molar-refractivity contribution in [3.05, 3.63) is 53.0 Å². The zero-order valence-electron chi connectivity index (χ0n) is 17.2. The maximum absolute atomic E-state index is 13.9. The molecule has 0 N–H and O–H groups in total. The average molecular weight is 404 g/mol. The van der Waals surface area contributed by atoms with Crippen molar-refractivity contribution < 1.29 is 18.3 Å². The van der Waals surface area contributed by atoms with Gasteiger partial charge >= 0.3 is 0 Å². The van der Waals surface area contributed by atoms with Crippen LogP contribution in [0.25, 0.3) is 0 Å². The number of aromatic nitrogens is 2. The molecule has 1 aliphatic heterocycles. The molecule has 2 aromatic rings. The number of methoxy groups -OCH3 is 1. The van der Waals surface area contributed by atoms with Crippen molar-refractivity contribution in [3.63, 3.8) is 0 Å². The molecule has 0 bridgehead atoms. The number of halogens is 2. The van der Waals surface area contributed by atoms with Gasteiger partial charge < -0.3 is 14.5 Å². The lowest BCUT2D eigenvalue weighted by molar-refractivity contribution is 0.0741. The number of carbonyl (C=O) groups excluding carboxylic acids is 1. The first-order valence-electron chi connectivity index (χ1n) is 9.55. The fourth-order valence-electron chi connectivity index (χ4n) is 3.17. The van der Waals surface area contributed by atoms with E-state index in [0.717, 1.165) is 29.5 Å². The number of benzene rings is 1. The van der Waals surface area contributed by atoms with E-state index >= 15 is 0 Å². The highest BCUT2D eigenvalue weighted by atomic mass is 19.1. The van der Waals surface area contributed by atoms with Crippen LogP contribution in [-0.4, -0.2) is 54.1 Å². The topological polar surface area (TPSA) is 58.6 Å². The number of ether oxygens (including phenoxy) is 1. The van der Waals surface area contributed by atoms with Crippen LogP contribution < -0.4 is 4.90 Å². The monoisotopic (exact) mass is 404 g/mol. The van der Waals surface area contributed by atoms with E-state index in [1.165, 1.54) is 6.07 Å². The van der Waals surface area contributed by atoms with E-state index in [0.29, 0.717) is 32.8 Å². The quantitative estimate of drug-likeness (QED) is 0.784. The molecule has 6 nitrogen and oxygen atoms in total. The summed E-state index contributed by atoms with van der Waals surface area (Å²) in [6.07, 6.45) is 0. The molecule has 2 heterocycles. The summed E-state index contributed by atoms with van der Waals surface area (Å²) >= 11 is 0. The molecule has 0 radical (unpaired) electrons. The number of amides is 1. The van der Waals surface area contributed by atoms with Gasteiger partial charge in [0.15, 0.2) is 0 Å². The minimum absolute atomic E-state index is 0.112. The van der Waals surface area contributed by atoms with Gasteiger partial charge in [0.25, 0.3) is 5.91 Å². The van der Waals surface area contributed by atoms with Gasteiger partial charge in [-0.05, 0) is 12.1 Å². The third-order valence-electron chi connectivity index (χ3n) is 4.78. The van der Waals surface area contributed by atoms with E-state index in [-0.39, 0.29) is 11.0 Å². The Balaban J connectivity index is 1.75. The highest BCUT2D eigenvalue weighted by Crippen LogP contribution is 2.24. The molecule has 1 amide bonds. The Morgan fingerprint density at radius 2 is 1.79 bits per heavy atom. The van der Waals surface area contributed by atoms with E-state index < -0.39 is 17.5 Å². The normalized spacial score (nSPS) is 15.0. The van der Waals surface area contributed by atoms with Crippen LogP contribution in [-0.2, 0) is 16.8 Å². The zero-order valence-corrected chi connectivity index (χ0v) is 17.2. The summed E-state index contributed by atoms with van der Waals surface area (Å²) in [4.78, 5) is 25.6. The van der Waals surface area contributed by atoms with Crippen molar-refractivity contribution in [2.45, 2.75) is 32.8 Å². The summed E-state index contributed by atoms with van der Waals surface area (Å²) in [6.45, 7) is 8.50. The van der Waals surface area contributed by atoms with Gasteiger partial charge in [-0.2, -0.15) is 0 Å². The van der Waals surface area contributed by atoms with Crippen LogP contribution >= 0.6 is 0 Å². The van der Waals surface area contributed by atoms with Crippen molar-refractivity contribution >= 4 is 11.7 Å². The summed E-state index contributed by atoms with van der Waals surface area (Å²) in [5.74, 6) is -0.451. The first-order valence-corrected chi connectivity index (χ1v) is 9.55. The molecular formula is C21H26F2N4O2. The van der Waals surface area contributed by atoms with Crippen LogP contribution in [0.1, 0.15) is 42.6 Å². The first kappa shape index (κ1) is 21.1. The van der Waals surface area contributed by atoms with E-state index in [9.17, 15) is 13.6 Å². The molecule has 1 fully saturated rings. The fraction of sp³-hybridized carbons (Fsp3) is 0.476. The Bertz CT molecular complexity index is 891. The second-order valence-corrected chi connectivity index (χ2v) is 8.13. The third-order valence-corrected chi connectivity index (χ3v) is 4.78. The Kier molecular flexibility index (Phi) is 6.12. The molecule has 0 spiro atoms. The molecule has 1 aliphatic rings. The maximum Gasteiger partial charge on any atom is 0.256 e. The van der Waals surface area contributed by atoms with Crippen molar-refractivity contribution in [1.29, 1.82) is 0 Å². The maximum atomic E-state index is 13.9. The van der Waals surface area contributed by atoms with E-state index in [4.69, 9.17) is 9.72 Å². The Morgan fingerprint density at radius 3 is 2.38 bits per heavy atom. The lowest BCUT2D eigenvalue weighted by Gasteiger charge is -2.36. The first-order chi connectivity index (χ1) is 13.7. The summed E-state index contributed by atoms with van der Waals surface area (Å²) in [6, 6.07) is 4.92. The molecule has 0 unspecified atom stereocenters. The van der Waals surface area contributed by atoms with Gasteiger partial charge in [-0.3, -0.25) is 4.79 Å². The van der Waals surface area contributed by atoms with Crippen LogP contribution in [0.15, 0.2) is 24.3 Å². The van der Waals surface area contributed by atoms with Crippen molar-refractivity contribution in [2.24, 2.45) is 0 Å². The van der Waals surface area contributed by atoms with Gasteiger partial charge in [-0.1, -0.05) is 20.8 Å². The van der Waals surface area contributed by atoms with E-state index in [1.54, 1.807) is 12.0 Å². The Labute approximate surface area is 169 Å². The largest absolute Gasteiger partial charge is 0.378 e. The molecular weight excluding hydrogens is 378 g/mol. The lowest BCUT2D eigenvalue weighted by atomic mass is 9.95. The number of carbonyl (C=O) groups is 1. The minimum Gasteiger partial charge on any atom is -0.378 e. The third kappa shape index (κ3) is 4.87. The van der Waals surface area contributed by atoms with Crippen molar-refractivity contribution in [1.82, 2.24) is 14.9 Å². The van der Waals surface area contributed by atoms with Gasteiger partial charge in [0.1, 0.15) is 23.3 Å². The standard InChI is InChI=1S/C21H26F2N4O2/c1-21(2,3)20-24-15(13-29-4)12-18(25-20)26-7-9-27(10-8-26)19(28)16-6-5-14(22)11-17(16)23/h5-6,11-12H,7-10,13H2,1-4H3. The molecule has 156 valence electrons. The molecule has 1 saturated heterocycles. The molecule has 3 rings (SSSR count). The van der Waals surface area contributed by atoms with Gasteiger partial charge in [0, 0.05) is 50.8 Å². The van der Waals surface area contributed by atoms with Crippen molar-refractivity contribution in [3.8, 4) is 0 Å². The van der Waals surface area contributed by atoms with Crippen molar-refractivity contribution in [2.75, 3.05) is 38.2 Å². The van der Waals surface area contributed by atoms with Gasteiger partial charge in [-0.15, -0.1) is 0 Å². The van der Waals surface area contributed by atoms with Gasteiger partial charge in [-0.25, -0.2) is 18.7 Å². The predicted octanol–water partition coefficient (Wildman–Crippen LogP) is 3.16. The van der Waals surface area contributed by atoms with Crippen LogP contribution in [0.2, 0.25) is 0 Å². The molecule has 0 saturated carbocycles. The number of rotatable bonds is 4. The minimum atomic E-state index is -0.841. The summed E-state index contributed by atoms with van der Waals surface area (Å²) in [5, 5.41) is 0. The Hall–Kier alpha value is -2.61. The lowest BCUT2D eigenvalue weighted by Crippen LogP contribution is -2.49. The molecule has 0 atom stereocenters. The van der Waals surface area contributed by atoms with Gasteiger partial charge in [0.2, 0.25) is 0 Å². The summed E-state index contributed by atoms with van der Waals surface area (Å²) < 4.78 is 32.3. The number of hydrogen-bond donors (Lipinski definition) is 0. The van der Waals surface area contributed by atoms with E-state index in [1.807, 2.05) is 6.07 Å². The molecule has 1 aromatic heterocycles.